The first kappa shape index (κ1) is 17.3. The summed E-state index contributed by atoms with van der Waals surface area (Å²) in [5.41, 5.74) is 0.408. The number of likely N-dealkylation sites (tertiary alicyclic amines) is 1. The molecular weight excluding hydrogens is 390 g/mol. The molecule has 3 rings (SSSR count). The maximum Gasteiger partial charge on any atom is 0.326 e. The van der Waals surface area contributed by atoms with Crippen molar-refractivity contribution >= 4 is 39.5 Å². The molecule has 1 heterocycles. The maximum absolute atomic E-state index is 12.2. The van der Waals surface area contributed by atoms with Gasteiger partial charge in [0.25, 0.3) is 0 Å². The fraction of sp³-hybridized carbons (Fsp3) is 0.222. The van der Waals surface area contributed by atoms with E-state index in [2.05, 4.69) is 15.9 Å². The van der Waals surface area contributed by atoms with Crippen LogP contribution in [0.4, 0.5) is 0 Å². The second-order valence-electron chi connectivity index (χ2n) is 5.67. The molecular formula is C18H14BrNO5. The van der Waals surface area contributed by atoms with Gasteiger partial charge >= 0.3 is 5.97 Å². The van der Waals surface area contributed by atoms with E-state index in [4.69, 9.17) is 4.74 Å². The van der Waals surface area contributed by atoms with E-state index in [9.17, 15) is 19.2 Å². The third kappa shape index (κ3) is 3.61. The number of ether oxygens (including phenoxy) is 1. The number of nitrogens with zero attached hydrogens (tertiary/aromatic N) is 1. The van der Waals surface area contributed by atoms with Crippen molar-refractivity contribution in [1.82, 2.24) is 4.90 Å². The predicted octanol–water partition coefficient (Wildman–Crippen LogP) is 1.90. The molecule has 2 aliphatic rings. The summed E-state index contributed by atoms with van der Waals surface area (Å²) in [6.07, 6.45) is 6.69. The van der Waals surface area contributed by atoms with Crippen molar-refractivity contribution in [2.75, 3.05) is 13.2 Å². The number of Topliss-reactive ketones (excluding diaryl/α,β-unsaturated/α-hetero) is 1. The molecule has 2 amide bonds. The lowest BCUT2D eigenvalue weighted by Gasteiger charge is -2.13. The third-order valence-electron chi connectivity index (χ3n) is 4.05. The van der Waals surface area contributed by atoms with Crippen LogP contribution in [0.15, 0.2) is 53.0 Å². The zero-order valence-corrected chi connectivity index (χ0v) is 14.6. The van der Waals surface area contributed by atoms with Crippen LogP contribution in [0.25, 0.3) is 0 Å². The van der Waals surface area contributed by atoms with Crippen molar-refractivity contribution in [2.45, 2.75) is 0 Å². The molecule has 6 nitrogen and oxygen atoms in total. The van der Waals surface area contributed by atoms with Crippen molar-refractivity contribution in [1.29, 1.82) is 0 Å². The summed E-state index contributed by atoms with van der Waals surface area (Å²) in [6, 6.07) is 6.63. The van der Waals surface area contributed by atoms with Gasteiger partial charge in [-0.15, -0.1) is 0 Å². The van der Waals surface area contributed by atoms with E-state index in [1.54, 1.807) is 48.6 Å². The minimum Gasteiger partial charge on any atom is -0.456 e. The van der Waals surface area contributed by atoms with Crippen LogP contribution >= 0.6 is 15.9 Å². The zero-order valence-electron chi connectivity index (χ0n) is 13.1. The minimum absolute atomic E-state index is 0.362. The first-order chi connectivity index (χ1) is 12.0. The van der Waals surface area contributed by atoms with E-state index in [0.29, 0.717) is 5.56 Å². The summed E-state index contributed by atoms with van der Waals surface area (Å²) < 4.78 is 5.75. The smallest absolute Gasteiger partial charge is 0.326 e. The number of hydrogen-bond acceptors (Lipinski definition) is 5. The number of carbonyl (C=O) groups is 4. The van der Waals surface area contributed by atoms with Gasteiger partial charge in [0.15, 0.2) is 12.4 Å². The quantitative estimate of drug-likeness (QED) is 0.426. The van der Waals surface area contributed by atoms with Gasteiger partial charge in [0.05, 0.1) is 11.8 Å². The van der Waals surface area contributed by atoms with Crippen LogP contribution in [0.3, 0.4) is 0 Å². The molecule has 25 heavy (non-hydrogen) atoms. The lowest BCUT2D eigenvalue weighted by Crippen LogP contribution is -2.37. The second kappa shape index (κ2) is 7.14. The molecule has 0 radical (unpaired) electrons. The monoisotopic (exact) mass is 403 g/mol. The van der Waals surface area contributed by atoms with Crippen molar-refractivity contribution in [2.24, 2.45) is 11.8 Å². The predicted molar refractivity (Wildman–Crippen MR) is 91.4 cm³/mol. The molecule has 7 heteroatoms. The largest absolute Gasteiger partial charge is 0.456 e. The van der Waals surface area contributed by atoms with Gasteiger partial charge in [0, 0.05) is 10.0 Å². The highest BCUT2D eigenvalue weighted by Gasteiger charge is 2.46. The van der Waals surface area contributed by atoms with Crippen LogP contribution in [0, 0.1) is 11.8 Å². The Morgan fingerprint density at radius 1 is 1.00 bits per heavy atom. The Hall–Kier alpha value is -2.54. The highest BCUT2D eigenvalue weighted by Crippen LogP contribution is 2.30. The van der Waals surface area contributed by atoms with Gasteiger partial charge in [0.2, 0.25) is 11.8 Å². The van der Waals surface area contributed by atoms with Crippen LogP contribution in [0.2, 0.25) is 0 Å². The topological polar surface area (TPSA) is 80.8 Å². The molecule has 1 saturated heterocycles. The van der Waals surface area contributed by atoms with E-state index in [-0.39, 0.29) is 5.78 Å². The summed E-state index contributed by atoms with van der Waals surface area (Å²) in [4.78, 5) is 49.2. The van der Waals surface area contributed by atoms with E-state index in [0.717, 1.165) is 9.37 Å². The third-order valence-corrected chi connectivity index (χ3v) is 4.58. The zero-order chi connectivity index (χ0) is 18.0. The highest BCUT2D eigenvalue weighted by atomic mass is 79.9. The Bertz CT molecular complexity index is 766. The van der Waals surface area contributed by atoms with Gasteiger partial charge in [-0.25, -0.2) is 0 Å². The molecule has 128 valence electrons. The highest BCUT2D eigenvalue weighted by molar-refractivity contribution is 9.10. The molecule has 0 saturated carbocycles. The number of hydrogen-bond donors (Lipinski definition) is 0. The van der Waals surface area contributed by atoms with Crippen molar-refractivity contribution in [3.63, 3.8) is 0 Å². The minimum atomic E-state index is -0.793. The van der Waals surface area contributed by atoms with Gasteiger partial charge in [-0.3, -0.25) is 24.1 Å². The van der Waals surface area contributed by atoms with Crippen LogP contribution in [-0.2, 0) is 19.1 Å². The Kier molecular flexibility index (Phi) is 4.94. The first-order valence-electron chi connectivity index (χ1n) is 7.62. The number of esters is 1. The average molecular weight is 404 g/mol. The molecule has 1 aliphatic heterocycles. The molecule has 0 spiro atoms. The molecule has 0 unspecified atom stereocenters. The fourth-order valence-electron chi connectivity index (χ4n) is 2.74. The number of fused-ring (bicyclic) bond motifs is 1. The molecule has 1 fully saturated rings. The van der Waals surface area contributed by atoms with Gasteiger partial charge < -0.3 is 4.74 Å². The number of ketones is 1. The van der Waals surface area contributed by atoms with Gasteiger partial charge in [-0.05, 0) is 12.1 Å². The number of rotatable bonds is 5. The lowest BCUT2D eigenvalue weighted by molar-refractivity contribution is -0.152. The van der Waals surface area contributed by atoms with Crippen molar-refractivity contribution in [3.8, 4) is 0 Å². The summed E-state index contributed by atoms with van der Waals surface area (Å²) in [6.45, 7) is -0.927. The summed E-state index contributed by atoms with van der Waals surface area (Å²) in [5.74, 6) is -3.12. The lowest BCUT2D eigenvalue weighted by atomic mass is 9.91. The standard InChI is InChI=1S/C18H14BrNO5/c19-12-7-5-11(6-8-12)15(21)10-25-16(22)9-20-17(23)13-3-1-2-4-14(13)18(20)24/h1-8,13-14H,9-10H2/t13-,14+. The maximum atomic E-state index is 12.2. The Morgan fingerprint density at radius 3 is 2.12 bits per heavy atom. The van der Waals surface area contributed by atoms with Crippen LogP contribution in [0.5, 0.6) is 0 Å². The molecule has 0 bridgehead atoms. The molecule has 0 N–H and O–H groups in total. The van der Waals surface area contributed by atoms with Crippen molar-refractivity contribution < 1.29 is 23.9 Å². The van der Waals surface area contributed by atoms with E-state index < -0.39 is 42.8 Å². The molecule has 2 atom stereocenters. The van der Waals surface area contributed by atoms with Crippen molar-refractivity contribution in [3.05, 3.63) is 58.6 Å². The van der Waals surface area contributed by atoms with E-state index >= 15 is 0 Å². The van der Waals surface area contributed by atoms with Crippen LogP contribution in [0.1, 0.15) is 10.4 Å². The molecule has 0 aromatic heterocycles. The SMILES string of the molecule is O=C(CN1C(=O)[C@H]2C=CC=C[C@H]2C1=O)OCC(=O)c1ccc(Br)cc1. The molecule has 1 aromatic carbocycles. The number of carbonyl (C=O) groups excluding carboxylic acids is 4. The van der Waals surface area contributed by atoms with Gasteiger partial charge in [-0.2, -0.15) is 0 Å². The Morgan fingerprint density at radius 2 is 1.56 bits per heavy atom. The molecule has 1 aliphatic carbocycles. The van der Waals surface area contributed by atoms with E-state index in [1.165, 1.54) is 0 Å². The Labute approximate surface area is 152 Å². The van der Waals surface area contributed by atoms with Crippen LogP contribution in [-0.4, -0.2) is 41.6 Å². The average Bonchev–Trinajstić information content (AvgIpc) is 2.86. The number of imide groups is 1. The number of amides is 2. The number of benzene rings is 1. The number of allylic oxidation sites excluding steroid dienone is 2. The first-order valence-corrected chi connectivity index (χ1v) is 8.41. The van der Waals surface area contributed by atoms with Gasteiger partial charge in [-0.1, -0.05) is 52.4 Å². The summed E-state index contributed by atoms with van der Waals surface area (Å²) >= 11 is 3.27. The summed E-state index contributed by atoms with van der Waals surface area (Å²) in [5, 5.41) is 0. The second-order valence-corrected chi connectivity index (χ2v) is 6.59. The Balaban J connectivity index is 1.56. The van der Waals surface area contributed by atoms with Gasteiger partial charge in [0.1, 0.15) is 6.54 Å². The normalized spacial score (nSPS) is 21.4. The fourth-order valence-corrected chi connectivity index (χ4v) is 3.01. The van der Waals surface area contributed by atoms with E-state index in [1.807, 2.05) is 0 Å². The molecule has 1 aromatic rings. The van der Waals surface area contributed by atoms with Crippen LogP contribution < -0.4 is 0 Å². The number of halogens is 1. The summed E-state index contributed by atoms with van der Waals surface area (Å²) in [7, 11) is 0.